The van der Waals surface area contributed by atoms with E-state index in [-0.39, 0.29) is 6.61 Å². The van der Waals surface area contributed by atoms with Crippen LogP contribution in [0.3, 0.4) is 0 Å². The van der Waals surface area contributed by atoms with Crippen molar-refractivity contribution in [3.8, 4) is 0 Å². The zero-order valence-electron chi connectivity index (χ0n) is 12.5. The van der Waals surface area contributed by atoms with Crippen LogP contribution in [0.25, 0.3) is 0 Å². The van der Waals surface area contributed by atoms with Crippen LogP contribution in [0.5, 0.6) is 0 Å². The summed E-state index contributed by atoms with van der Waals surface area (Å²) in [5, 5.41) is 12.5. The van der Waals surface area contributed by atoms with Crippen LogP contribution < -0.4 is 5.32 Å². The number of carboxylic acids is 1. The number of benzene rings is 1. The topological polar surface area (TPSA) is 75.6 Å². The predicted octanol–water partition coefficient (Wildman–Crippen LogP) is 3.71. The van der Waals surface area contributed by atoms with Crippen molar-refractivity contribution in [1.29, 1.82) is 0 Å². The first-order valence-corrected chi connectivity index (χ1v) is 8.51. The number of nitrogens with one attached hydrogen (secondary N) is 1. The molecule has 22 heavy (non-hydrogen) atoms. The van der Waals surface area contributed by atoms with Gasteiger partial charge in [-0.1, -0.05) is 65.5 Å². The number of amides is 1. The monoisotopic (exact) mass is 371 g/mol. The maximum atomic E-state index is 11.7. The number of rotatable bonds is 10. The van der Waals surface area contributed by atoms with Crippen LogP contribution in [0.4, 0.5) is 4.79 Å². The van der Waals surface area contributed by atoms with E-state index in [4.69, 9.17) is 9.84 Å². The first-order chi connectivity index (χ1) is 10.6. The average Bonchev–Trinajstić information content (AvgIpc) is 2.52. The number of carbonyl (C=O) groups excluding carboxylic acids is 1. The molecule has 2 N–H and O–H groups in total. The summed E-state index contributed by atoms with van der Waals surface area (Å²) in [4.78, 5) is 22.8. The van der Waals surface area contributed by atoms with Gasteiger partial charge in [-0.2, -0.15) is 0 Å². The number of carboxylic acid groups (broad SMARTS) is 1. The Morgan fingerprint density at radius 1 is 1.14 bits per heavy atom. The van der Waals surface area contributed by atoms with Gasteiger partial charge in [0.2, 0.25) is 0 Å². The van der Waals surface area contributed by atoms with Crippen LogP contribution >= 0.6 is 15.9 Å². The van der Waals surface area contributed by atoms with E-state index in [1.807, 2.05) is 30.3 Å². The molecule has 1 amide bonds. The molecule has 0 heterocycles. The minimum Gasteiger partial charge on any atom is -0.480 e. The molecule has 122 valence electrons. The fraction of sp³-hybridized carbons (Fsp3) is 0.500. The zero-order chi connectivity index (χ0) is 16.2. The summed E-state index contributed by atoms with van der Waals surface area (Å²) in [6.45, 7) is 0.129. The lowest BCUT2D eigenvalue weighted by Gasteiger charge is -2.14. The van der Waals surface area contributed by atoms with Crippen molar-refractivity contribution in [2.45, 2.75) is 44.8 Å². The van der Waals surface area contributed by atoms with Crippen LogP contribution in [-0.2, 0) is 16.1 Å². The van der Waals surface area contributed by atoms with Gasteiger partial charge in [0.1, 0.15) is 12.6 Å². The van der Waals surface area contributed by atoms with E-state index in [1.54, 1.807) is 0 Å². The summed E-state index contributed by atoms with van der Waals surface area (Å²) in [7, 11) is 0. The number of halogens is 1. The smallest absolute Gasteiger partial charge is 0.408 e. The Morgan fingerprint density at radius 3 is 2.45 bits per heavy atom. The highest BCUT2D eigenvalue weighted by Crippen LogP contribution is 2.08. The molecular weight excluding hydrogens is 350 g/mol. The molecule has 0 aliphatic heterocycles. The molecule has 0 spiro atoms. The first kappa shape index (κ1) is 18.5. The number of aliphatic carboxylic acids is 1. The van der Waals surface area contributed by atoms with Crippen molar-refractivity contribution in [2.75, 3.05) is 5.33 Å². The second-order valence-corrected chi connectivity index (χ2v) is 5.78. The molecule has 0 aromatic heterocycles. The van der Waals surface area contributed by atoms with E-state index in [0.717, 1.165) is 36.6 Å². The maximum absolute atomic E-state index is 11.7. The quantitative estimate of drug-likeness (QED) is 0.485. The Labute approximate surface area is 139 Å². The van der Waals surface area contributed by atoms with Crippen LogP contribution in [0.2, 0.25) is 0 Å². The number of hydrogen-bond acceptors (Lipinski definition) is 3. The lowest BCUT2D eigenvalue weighted by Crippen LogP contribution is -2.40. The molecule has 0 saturated carbocycles. The van der Waals surface area contributed by atoms with Gasteiger partial charge >= 0.3 is 12.1 Å². The third kappa shape index (κ3) is 8.02. The lowest BCUT2D eigenvalue weighted by atomic mass is 10.1. The maximum Gasteiger partial charge on any atom is 0.408 e. The lowest BCUT2D eigenvalue weighted by molar-refractivity contribution is -0.139. The number of carbonyl (C=O) groups is 2. The van der Waals surface area contributed by atoms with Gasteiger partial charge in [-0.3, -0.25) is 0 Å². The predicted molar refractivity (Wildman–Crippen MR) is 88.1 cm³/mol. The fourth-order valence-corrected chi connectivity index (χ4v) is 2.36. The van der Waals surface area contributed by atoms with Crippen LogP contribution in [0.15, 0.2) is 30.3 Å². The number of alkyl carbamates (subject to hydrolysis) is 1. The van der Waals surface area contributed by atoms with Gasteiger partial charge in [-0.05, 0) is 18.4 Å². The van der Waals surface area contributed by atoms with Crippen molar-refractivity contribution in [1.82, 2.24) is 5.32 Å². The summed E-state index contributed by atoms with van der Waals surface area (Å²) < 4.78 is 5.03. The SMILES string of the molecule is O=C(N[C@@H](CCCCCCBr)C(=O)O)OCc1ccccc1. The van der Waals surface area contributed by atoms with Crippen LogP contribution in [0.1, 0.15) is 37.7 Å². The molecule has 1 aromatic rings. The third-order valence-electron chi connectivity index (χ3n) is 3.18. The number of unbranched alkanes of at least 4 members (excludes halogenated alkanes) is 3. The summed E-state index contributed by atoms with van der Waals surface area (Å²) in [6.07, 6.45) is 3.56. The van der Waals surface area contributed by atoms with E-state index in [0.29, 0.717) is 6.42 Å². The van der Waals surface area contributed by atoms with E-state index >= 15 is 0 Å². The number of ether oxygens (including phenoxy) is 1. The summed E-state index contributed by atoms with van der Waals surface area (Å²) >= 11 is 3.36. The molecule has 0 bridgehead atoms. The van der Waals surface area contributed by atoms with Gasteiger partial charge in [-0.15, -0.1) is 0 Å². The van der Waals surface area contributed by atoms with Gasteiger partial charge < -0.3 is 15.2 Å². The Kier molecular flexibility index (Phi) is 9.30. The van der Waals surface area contributed by atoms with Gasteiger partial charge in [0.25, 0.3) is 0 Å². The molecular formula is C16H22BrNO4. The summed E-state index contributed by atoms with van der Waals surface area (Å²) in [5.74, 6) is -1.03. The van der Waals surface area contributed by atoms with Crippen LogP contribution in [-0.4, -0.2) is 28.5 Å². The van der Waals surface area contributed by atoms with E-state index < -0.39 is 18.1 Å². The summed E-state index contributed by atoms with van der Waals surface area (Å²) in [5.41, 5.74) is 0.860. The van der Waals surface area contributed by atoms with Crippen molar-refractivity contribution < 1.29 is 19.4 Å². The molecule has 6 heteroatoms. The molecule has 1 rings (SSSR count). The normalized spacial score (nSPS) is 11.7. The third-order valence-corrected chi connectivity index (χ3v) is 3.74. The summed E-state index contributed by atoms with van der Waals surface area (Å²) in [6, 6.07) is 8.36. The number of alkyl halides is 1. The molecule has 0 aliphatic rings. The van der Waals surface area contributed by atoms with Crippen molar-refractivity contribution in [3.63, 3.8) is 0 Å². The highest BCUT2D eigenvalue weighted by Gasteiger charge is 2.20. The minimum atomic E-state index is -1.03. The first-order valence-electron chi connectivity index (χ1n) is 7.39. The van der Waals surface area contributed by atoms with Gasteiger partial charge in [0, 0.05) is 5.33 Å². The largest absolute Gasteiger partial charge is 0.480 e. The zero-order valence-corrected chi connectivity index (χ0v) is 14.0. The number of hydrogen-bond donors (Lipinski definition) is 2. The van der Waals surface area contributed by atoms with Crippen LogP contribution in [0, 0.1) is 0 Å². The minimum absolute atomic E-state index is 0.129. The second kappa shape index (κ2) is 11.1. The second-order valence-electron chi connectivity index (χ2n) is 4.99. The van der Waals surface area contributed by atoms with E-state index in [1.165, 1.54) is 0 Å². The van der Waals surface area contributed by atoms with Crippen molar-refractivity contribution >= 4 is 28.0 Å². The van der Waals surface area contributed by atoms with Gasteiger partial charge in [0.15, 0.2) is 0 Å². The molecule has 0 saturated heterocycles. The Hall–Kier alpha value is -1.56. The van der Waals surface area contributed by atoms with Gasteiger partial charge in [0.05, 0.1) is 0 Å². The van der Waals surface area contributed by atoms with Crippen molar-refractivity contribution in [3.05, 3.63) is 35.9 Å². The highest BCUT2D eigenvalue weighted by atomic mass is 79.9. The Morgan fingerprint density at radius 2 is 1.82 bits per heavy atom. The van der Waals surface area contributed by atoms with E-state index in [9.17, 15) is 9.59 Å². The van der Waals surface area contributed by atoms with Crippen molar-refractivity contribution in [2.24, 2.45) is 0 Å². The molecule has 0 aliphatic carbocycles. The van der Waals surface area contributed by atoms with Gasteiger partial charge in [-0.25, -0.2) is 9.59 Å². The highest BCUT2D eigenvalue weighted by molar-refractivity contribution is 9.09. The van der Waals surface area contributed by atoms with E-state index in [2.05, 4.69) is 21.2 Å². The average molecular weight is 372 g/mol. The molecule has 0 unspecified atom stereocenters. The Balaban J connectivity index is 2.29. The molecule has 5 nitrogen and oxygen atoms in total. The molecule has 1 atom stereocenters. The molecule has 1 aromatic carbocycles. The standard InChI is InChI=1S/C16H22BrNO4/c17-11-7-2-1-6-10-14(15(19)20)18-16(21)22-12-13-8-4-3-5-9-13/h3-5,8-9,14H,1-2,6-7,10-12H2,(H,18,21)(H,19,20)/t14-/m0/s1. The fourth-order valence-electron chi connectivity index (χ4n) is 1.96. The Bertz CT molecular complexity index is 453. The molecule has 0 radical (unpaired) electrons. The molecule has 0 fully saturated rings.